The summed E-state index contributed by atoms with van der Waals surface area (Å²) in [6.45, 7) is 0.498. The molecule has 1 N–H and O–H groups in total. The van der Waals surface area contributed by atoms with Crippen molar-refractivity contribution in [2.45, 2.75) is 17.9 Å². The first-order valence-corrected chi connectivity index (χ1v) is 12.5. The highest BCUT2D eigenvalue weighted by Crippen LogP contribution is 2.49. The summed E-state index contributed by atoms with van der Waals surface area (Å²) in [4.78, 5) is 6.65. The Hall–Kier alpha value is -4.19. The van der Waals surface area contributed by atoms with Crippen LogP contribution in [0.4, 0.5) is 4.39 Å². The van der Waals surface area contributed by atoms with Crippen molar-refractivity contribution < 1.29 is 23.7 Å². The van der Waals surface area contributed by atoms with Crippen molar-refractivity contribution in [3.8, 4) is 23.4 Å². The number of benzene rings is 3. The van der Waals surface area contributed by atoms with E-state index >= 15 is 4.39 Å². The van der Waals surface area contributed by atoms with Crippen molar-refractivity contribution in [2.75, 3.05) is 42.0 Å². The fourth-order valence-corrected chi connectivity index (χ4v) is 4.95. The summed E-state index contributed by atoms with van der Waals surface area (Å²) in [6, 6.07) is 21.1. The van der Waals surface area contributed by atoms with Crippen LogP contribution < -0.4 is 14.2 Å². The van der Waals surface area contributed by atoms with Gasteiger partial charge in [-0.05, 0) is 68.5 Å². The van der Waals surface area contributed by atoms with E-state index in [1.54, 1.807) is 61.7 Å². The maximum absolute atomic E-state index is 16.1. The highest BCUT2D eigenvalue weighted by Gasteiger charge is 2.44. The molecule has 39 heavy (non-hydrogen) atoms. The standard InChI is InChI=1S/C31H32FN3O4/c1-35(2)15-14-31(36,22-8-6-9-23(18-22)37-3)28(24-10-7-11-27(38-4)29(24)32)25-17-21-16-20(19-33)12-13-26(21)34-30(25)39-5/h6-13,16-18,28,36H,14-15H2,1-5H3. The van der Waals surface area contributed by atoms with E-state index in [0.29, 0.717) is 39.9 Å². The highest BCUT2D eigenvalue weighted by atomic mass is 19.1. The molecule has 4 rings (SSSR count). The van der Waals surface area contributed by atoms with E-state index in [9.17, 15) is 10.4 Å². The van der Waals surface area contributed by atoms with Crippen LogP contribution in [0, 0.1) is 17.1 Å². The van der Waals surface area contributed by atoms with Crippen LogP contribution in [0.15, 0.2) is 66.7 Å². The molecular formula is C31H32FN3O4. The maximum Gasteiger partial charge on any atom is 0.217 e. The minimum absolute atomic E-state index is 0.0533. The number of hydrogen-bond acceptors (Lipinski definition) is 7. The van der Waals surface area contributed by atoms with Crippen LogP contribution in [0.3, 0.4) is 0 Å². The van der Waals surface area contributed by atoms with E-state index < -0.39 is 17.3 Å². The topological polar surface area (TPSA) is 87.8 Å². The van der Waals surface area contributed by atoms with Gasteiger partial charge in [-0.25, -0.2) is 9.37 Å². The van der Waals surface area contributed by atoms with Crippen LogP contribution in [0.5, 0.6) is 17.4 Å². The lowest BCUT2D eigenvalue weighted by atomic mass is 9.71. The van der Waals surface area contributed by atoms with Gasteiger partial charge in [0.25, 0.3) is 0 Å². The molecule has 2 atom stereocenters. The summed E-state index contributed by atoms with van der Waals surface area (Å²) in [6.07, 6.45) is 0.244. The molecule has 7 nitrogen and oxygen atoms in total. The van der Waals surface area contributed by atoms with E-state index in [4.69, 9.17) is 19.2 Å². The van der Waals surface area contributed by atoms with Gasteiger partial charge < -0.3 is 24.2 Å². The number of nitriles is 1. The molecule has 202 valence electrons. The van der Waals surface area contributed by atoms with Crippen LogP contribution >= 0.6 is 0 Å². The second-order valence-corrected chi connectivity index (χ2v) is 9.61. The molecule has 8 heteroatoms. The maximum atomic E-state index is 16.1. The Kier molecular flexibility index (Phi) is 8.34. The predicted molar refractivity (Wildman–Crippen MR) is 148 cm³/mol. The normalized spacial score (nSPS) is 13.5. The van der Waals surface area contributed by atoms with Crippen LogP contribution in [0.2, 0.25) is 0 Å². The second-order valence-electron chi connectivity index (χ2n) is 9.61. The lowest BCUT2D eigenvalue weighted by molar-refractivity contribution is 0.00264. The van der Waals surface area contributed by atoms with Crippen molar-refractivity contribution in [3.63, 3.8) is 0 Å². The van der Waals surface area contributed by atoms with E-state index in [-0.39, 0.29) is 23.6 Å². The molecule has 1 aromatic heterocycles. The molecule has 0 aliphatic heterocycles. The van der Waals surface area contributed by atoms with Gasteiger partial charge in [0, 0.05) is 23.1 Å². The molecule has 1 heterocycles. The minimum Gasteiger partial charge on any atom is -0.497 e. The molecule has 3 aromatic carbocycles. The van der Waals surface area contributed by atoms with Crippen molar-refractivity contribution >= 4 is 10.9 Å². The lowest BCUT2D eigenvalue weighted by Gasteiger charge is -2.39. The monoisotopic (exact) mass is 529 g/mol. The first-order valence-electron chi connectivity index (χ1n) is 12.5. The first kappa shape index (κ1) is 27.8. The number of hydrogen-bond donors (Lipinski definition) is 1. The number of nitrogens with zero attached hydrogens (tertiary/aromatic N) is 3. The quantitative estimate of drug-likeness (QED) is 0.301. The average molecular weight is 530 g/mol. The van der Waals surface area contributed by atoms with Crippen LogP contribution in [-0.4, -0.2) is 57.0 Å². The van der Waals surface area contributed by atoms with Gasteiger partial charge in [0.1, 0.15) is 11.4 Å². The third kappa shape index (κ3) is 5.51. The van der Waals surface area contributed by atoms with Gasteiger partial charge in [-0.3, -0.25) is 0 Å². The SMILES string of the molecule is COc1cccc(C(O)(CCN(C)C)C(c2cc3cc(C#N)ccc3nc2OC)c2cccc(OC)c2F)c1. The summed E-state index contributed by atoms with van der Waals surface area (Å²) in [5, 5.41) is 22.9. The van der Waals surface area contributed by atoms with Crippen molar-refractivity contribution in [2.24, 2.45) is 0 Å². The van der Waals surface area contributed by atoms with E-state index in [2.05, 4.69) is 6.07 Å². The van der Waals surface area contributed by atoms with Crippen LogP contribution in [-0.2, 0) is 5.60 Å². The Morgan fingerprint density at radius 3 is 2.41 bits per heavy atom. The van der Waals surface area contributed by atoms with Gasteiger partial charge in [0.05, 0.1) is 44.4 Å². The summed E-state index contributed by atoms with van der Waals surface area (Å²) < 4.78 is 32.6. The zero-order valence-electron chi connectivity index (χ0n) is 22.7. The van der Waals surface area contributed by atoms with E-state index in [0.717, 1.165) is 0 Å². The van der Waals surface area contributed by atoms with Crippen molar-refractivity contribution in [1.29, 1.82) is 5.26 Å². The molecule has 0 amide bonds. The average Bonchev–Trinajstić information content (AvgIpc) is 2.96. The van der Waals surface area contributed by atoms with Gasteiger partial charge >= 0.3 is 0 Å². The van der Waals surface area contributed by atoms with Gasteiger partial charge in [0.15, 0.2) is 11.6 Å². The smallest absolute Gasteiger partial charge is 0.217 e. The van der Waals surface area contributed by atoms with Crippen molar-refractivity contribution in [3.05, 3.63) is 94.8 Å². The number of ether oxygens (including phenoxy) is 3. The molecule has 0 saturated carbocycles. The number of halogens is 1. The number of fused-ring (bicyclic) bond motifs is 1. The van der Waals surface area contributed by atoms with E-state index in [1.807, 2.05) is 25.1 Å². The summed E-state index contributed by atoms with van der Waals surface area (Å²) in [5.74, 6) is -0.715. The summed E-state index contributed by atoms with van der Waals surface area (Å²) in [7, 11) is 8.27. The number of aromatic nitrogens is 1. The zero-order valence-corrected chi connectivity index (χ0v) is 22.7. The van der Waals surface area contributed by atoms with Crippen LogP contribution in [0.1, 0.15) is 34.6 Å². The molecule has 0 spiro atoms. The second kappa shape index (κ2) is 11.7. The van der Waals surface area contributed by atoms with Gasteiger partial charge in [-0.15, -0.1) is 0 Å². The molecule has 4 aromatic rings. The number of rotatable bonds is 10. The number of pyridine rings is 1. The summed E-state index contributed by atoms with van der Waals surface area (Å²) >= 11 is 0. The Labute approximate surface area is 228 Å². The van der Waals surface area contributed by atoms with Gasteiger partial charge in [0.2, 0.25) is 5.88 Å². The molecule has 0 aliphatic rings. The van der Waals surface area contributed by atoms with Crippen molar-refractivity contribution in [1.82, 2.24) is 9.88 Å². The predicted octanol–water partition coefficient (Wildman–Crippen LogP) is 5.24. The Bertz CT molecular complexity index is 1520. The molecule has 2 unspecified atom stereocenters. The summed E-state index contributed by atoms with van der Waals surface area (Å²) in [5.41, 5.74) is 0.661. The minimum atomic E-state index is -1.64. The third-order valence-electron chi connectivity index (χ3n) is 6.95. The number of methoxy groups -OCH3 is 3. The Morgan fingerprint density at radius 1 is 0.974 bits per heavy atom. The first-order chi connectivity index (χ1) is 18.7. The van der Waals surface area contributed by atoms with E-state index in [1.165, 1.54) is 20.3 Å². The molecule has 0 saturated heterocycles. The highest BCUT2D eigenvalue weighted by molar-refractivity contribution is 5.82. The Morgan fingerprint density at radius 2 is 1.74 bits per heavy atom. The third-order valence-corrected chi connectivity index (χ3v) is 6.95. The zero-order chi connectivity index (χ0) is 28.2. The fraction of sp³-hybridized carbons (Fsp3) is 0.290. The largest absolute Gasteiger partial charge is 0.497 e. The Balaban J connectivity index is 2.10. The molecule has 0 radical (unpaired) electrons. The fourth-order valence-electron chi connectivity index (χ4n) is 4.95. The number of aliphatic hydroxyl groups is 1. The van der Waals surface area contributed by atoms with Crippen LogP contribution in [0.25, 0.3) is 10.9 Å². The molecule has 0 bridgehead atoms. The molecule has 0 aliphatic carbocycles. The van der Waals surface area contributed by atoms with Gasteiger partial charge in [-0.2, -0.15) is 5.26 Å². The lowest BCUT2D eigenvalue weighted by Crippen LogP contribution is -2.38. The molecule has 0 fully saturated rings. The van der Waals surface area contributed by atoms with Gasteiger partial charge in [-0.1, -0.05) is 24.3 Å². The molecular weight excluding hydrogens is 497 g/mol.